The minimum atomic E-state index is -1.13. The zero-order valence-corrected chi connectivity index (χ0v) is 21.8. The van der Waals surface area contributed by atoms with Gasteiger partial charge in [0, 0.05) is 42.3 Å². The van der Waals surface area contributed by atoms with Crippen LogP contribution in [0.1, 0.15) is 69.4 Å². The highest BCUT2D eigenvalue weighted by atomic mass is 35.5. The number of ketones is 1. The Morgan fingerprint density at radius 3 is 2.71 bits per heavy atom. The largest absolute Gasteiger partial charge is 0.497 e. The van der Waals surface area contributed by atoms with Gasteiger partial charge >= 0.3 is 0 Å². The van der Waals surface area contributed by atoms with E-state index in [1.165, 1.54) is 0 Å². The first kappa shape index (κ1) is 27.2. The highest BCUT2D eigenvalue weighted by Crippen LogP contribution is 2.41. The molecular formula is C26H35ClFN3O4. The van der Waals surface area contributed by atoms with Gasteiger partial charge in [-0.3, -0.25) is 9.69 Å². The molecule has 2 aromatic rings. The lowest BCUT2D eigenvalue weighted by atomic mass is 9.95. The van der Waals surface area contributed by atoms with E-state index in [0.717, 1.165) is 12.0 Å². The molecule has 0 fully saturated rings. The molecule has 3 atom stereocenters. The monoisotopic (exact) mass is 507 g/mol. The van der Waals surface area contributed by atoms with Crippen molar-refractivity contribution in [1.82, 2.24) is 9.88 Å². The summed E-state index contributed by atoms with van der Waals surface area (Å²) in [6.45, 7) is 6.50. The Morgan fingerprint density at radius 2 is 2.09 bits per heavy atom. The number of aliphatic hydroxyl groups excluding tert-OH is 1. The van der Waals surface area contributed by atoms with Crippen molar-refractivity contribution in [3.05, 3.63) is 45.9 Å². The number of hydrogen-bond acceptors (Lipinski definition) is 7. The number of aliphatic hydroxyl groups is 1. The van der Waals surface area contributed by atoms with Gasteiger partial charge in [-0.05, 0) is 24.8 Å². The summed E-state index contributed by atoms with van der Waals surface area (Å²) >= 11 is 6.43. The molecule has 192 valence electrons. The Kier molecular flexibility index (Phi) is 9.33. The van der Waals surface area contributed by atoms with E-state index >= 15 is 4.39 Å². The first-order valence-corrected chi connectivity index (χ1v) is 12.4. The third-order valence-electron chi connectivity index (χ3n) is 6.59. The molecule has 3 rings (SSSR count). The molecule has 0 saturated carbocycles. The number of anilines is 1. The topological polar surface area (TPSA) is 83.9 Å². The molecule has 0 spiro atoms. The van der Waals surface area contributed by atoms with E-state index in [0.29, 0.717) is 37.3 Å². The van der Waals surface area contributed by atoms with Crippen molar-refractivity contribution < 1.29 is 23.8 Å². The number of hydrogen-bond donors (Lipinski definition) is 2. The van der Waals surface area contributed by atoms with Crippen LogP contribution in [0.4, 0.5) is 10.2 Å². The number of halogens is 2. The lowest BCUT2D eigenvalue weighted by molar-refractivity contribution is -0.120. The average molecular weight is 508 g/mol. The Morgan fingerprint density at radius 1 is 1.34 bits per heavy atom. The number of nitrogens with zero attached hydrogens (tertiary/aromatic N) is 2. The van der Waals surface area contributed by atoms with E-state index in [9.17, 15) is 9.90 Å². The Balaban J connectivity index is 1.87. The van der Waals surface area contributed by atoms with Crippen LogP contribution in [0.25, 0.3) is 0 Å². The zero-order chi connectivity index (χ0) is 25.7. The van der Waals surface area contributed by atoms with Gasteiger partial charge in [0.1, 0.15) is 22.9 Å². The third-order valence-corrected chi connectivity index (χ3v) is 6.88. The van der Waals surface area contributed by atoms with Crippen molar-refractivity contribution in [2.24, 2.45) is 5.92 Å². The fourth-order valence-corrected chi connectivity index (χ4v) is 4.64. The summed E-state index contributed by atoms with van der Waals surface area (Å²) in [5.41, 5.74) is 1.33. The van der Waals surface area contributed by atoms with Gasteiger partial charge in [-0.2, -0.15) is 0 Å². The molecule has 1 aliphatic heterocycles. The summed E-state index contributed by atoms with van der Waals surface area (Å²) in [5, 5.41) is 14.0. The molecule has 9 heteroatoms. The van der Waals surface area contributed by atoms with Crippen LogP contribution in [-0.2, 0) is 17.9 Å². The number of carbonyl (C=O) groups is 1. The summed E-state index contributed by atoms with van der Waals surface area (Å²) in [5.74, 6) is 0.918. The van der Waals surface area contributed by atoms with Gasteiger partial charge in [0.05, 0.1) is 20.3 Å². The zero-order valence-electron chi connectivity index (χ0n) is 21.0. The smallest absolute Gasteiger partial charge is 0.170 e. The van der Waals surface area contributed by atoms with Gasteiger partial charge in [0.25, 0.3) is 0 Å². The van der Waals surface area contributed by atoms with Crippen molar-refractivity contribution in [1.29, 1.82) is 0 Å². The number of methoxy groups -OCH3 is 2. The fraction of sp³-hybridized carbons (Fsp3) is 0.538. The predicted octanol–water partition coefficient (Wildman–Crippen LogP) is 5.48. The second kappa shape index (κ2) is 12.0. The Labute approximate surface area is 211 Å². The third kappa shape index (κ3) is 6.05. The molecule has 0 bridgehead atoms. The van der Waals surface area contributed by atoms with Crippen LogP contribution in [0.15, 0.2) is 18.2 Å². The molecule has 7 nitrogen and oxygen atoms in total. The second-order valence-corrected chi connectivity index (χ2v) is 9.43. The molecular weight excluding hydrogens is 473 g/mol. The summed E-state index contributed by atoms with van der Waals surface area (Å²) in [4.78, 5) is 18.6. The number of ether oxygens (including phenoxy) is 2. The quantitative estimate of drug-likeness (QED) is 0.368. The summed E-state index contributed by atoms with van der Waals surface area (Å²) < 4.78 is 26.3. The molecule has 1 aromatic carbocycles. The van der Waals surface area contributed by atoms with Crippen LogP contribution in [-0.4, -0.2) is 41.0 Å². The van der Waals surface area contributed by atoms with Gasteiger partial charge in [0.15, 0.2) is 17.4 Å². The Bertz CT molecular complexity index is 1050. The highest BCUT2D eigenvalue weighted by Gasteiger charge is 2.36. The van der Waals surface area contributed by atoms with Crippen LogP contribution in [0, 0.1) is 11.7 Å². The maximum Gasteiger partial charge on any atom is 0.170 e. The molecule has 35 heavy (non-hydrogen) atoms. The number of pyridine rings is 1. The first-order chi connectivity index (χ1) is 16.7. The number of aromatic nitrogens is 1. The van der Waals surface area contributed by atoms with Gasteiger partial charge in [-0.1, -0.05) is 44.9 Å². The van der Waals surface area contributed by atoms with Crippen molar-refractivity contribution in [2.75, 3.05) is 19.5 Å². The van der Waals surface area contributed by atoms with E-state index in [1.54, 1.807) is 31.3 Å². The molecule has 2 N–H and O–H groups in total. The lowest BCUT2D eigenvalue weighted by Crippen LogP contribution is -2.32. The average Bonchev–Trinajstić information content (AvgIpc) is 3.18. The predicted molar refractivity (Wildman–Crippen MR) is 134 cm³/mol. The molecule has 1 aliphatic rings. The first-order valence-electron chi connectivity index (χ1n) is 12.0. The number of fused-ring (bicyclic) bond motifs is 1. The van der Waals surface area contributed by atoms with Gasteiger partial charge < -0.3 is 19.9 Å². The van der Waals surface area contributed by atoms with Crippen molar-refractivity contribution >= 4 is 23.2 Å². The van der Waals surface area contributed by atoms with E-state index in [1.807, 2.05) is 13.0 Å². The molecule has 0 amide bonds. The van der Waals surface area contributed by atoms with E-state index in [-0.39, 0.29) is 40.3 Å². The minimum absolute atomic E-state index is 0.0193. The number of Topliss-reactive ketones (excluding diaryl/α,β-unsaturated/α-hetero) is 1. The standard InChI is InChI=1S/C26H35ClFN3O4/c1-6-8-20(32)19(11-15(3)7-2)29-25-23(28)18-14-31(26(33)22(18)24(27)30-25)13-16-9-10-17(34-4)12-21(16)35-5/h9-10,12,15,19,26,33H,6-8,11,13-14H2,1-5H3,(H,29,30)/t15?,19-,26-/m1/s1. The van der Waals surface area contributed by atoms with Crippen molar-refractivity contribution in [3.63, 3.8) is 0 Å². The molecule has 1 unspecified atom stereocenters. The van der Waals surface area contributed by atoms with E-state index in [4.69, 9.17) is 21.1 Å². The summed E-state index contributed by atoms with van der Waals surface area (Å²) in [6.07, 6.45) is 1.49. The van der Waals surface area contributed by atoms with Gasteiger partial charge in [0.2, 0.25) is 0 Å². The van der Waals surface area contributed by atoms with Crippen LogP contribution >= 0.6 is 11.6 Å². The SMILES string of the molecule is CCCC(=O)[C@@H](CC(C)CC)Nc1nc(Cl)c2c(c1F)CN(Cc1ccc(OC)cc1OC)[C@@H]2O. The highest BCUT2D eigenvalue weighted by molar-refractivity contribution is 6.30. The van der Waals surface area contributed by atoms with Gasteiger partial charge in [-0.15, -0.1) is 0 Å². The molecule has 1 aromatic heterocycles. The minimum Gasteiger partial charge on any atom is -0.497 e. The summed E-state index contributed by atoms with van der Waals surface area (Å²) in [7, 11) is 3.13. The maximum absolute atomic E-state index is 15.6. The molecule has 0 radical (unpaired) electrons. The lowest BCUT2D eigenvalue weighted by Gasteiger charge is -2.22. The van der Waals surface area contributed by atoms with E-state index in [2.05, 4.69) is 24.1 Å². The summed E-state index contributed by atoms with van der Waals surface area (Å²) in [6, 6.07) is 4.85. The van der Waals surface area contributed by atoms with Crippen LogP contribution in [0.3, 0.4) is 0 Å². The number of benzene rings is 1. The van der Waals surface area contributed by atoms with Crippen molar-refractivity contribution in [3.8, 4) is 11.5 Å². The second-order valence-electron chi connectivity index (χ2n) is 9.08. The Hall–Kier alpha value is -2.42. The van der Waals surface area contributed by atoms with Gasteiger partial charge in [-0.25, -0.2) is 9.37 Å². The van der Waals surface area contributed by atoms with E-state index < -0.39 is 18.1 Å². The number of rotatable bonds is 12. The number of carbonyl (C=O) groups excluding carboxylic acids is 1. The fourth-order valence-electron chi connectivity index (χ4n) is 4.35. The molecule has 0 saturated heterocycles. The van der Waals surface area contributed by atoms with Crippen molar-refractivity contribution in [2.45, 2.75) is 71.8 Å². The molecule has 0 aliphatic carbocycles. The normalized spacial score (nSPS) is 17.1. The van der Waals surface area contributed by atoms with Crippen LogP contribution < -0.4 is 14.8 Å². The molecule has 2 heterocycles. The number of nitrogens with one attached hydrogen (secondary N) is 1. The van der Waals surface area contributed by atoms with Crippen LogP contribution in [0.5, 0.6) is 11.5 Å². The maximum atomic E-state index is 15.6. The van der Waals surface area contributed by atoms with Crippen LogP contribution in [0.2, 0.25) is 5.15 Å².